The quantitative estimate of drug-likeness (QED) is 0.546. The molecular formula is C11H10N2O2. The van der Waals surface area contributed by atoms with Crippen molar-refractivity contribution >= 4 is 17.5 Å². The van der Waals surface area contributed by atoms with Gasteiger partial charge in [-0.3, -0.25) is 15.1 Å². The molecule has 0 aromatic heterocycles. The van der Waals surface area contributed by atoms with Crippen LogP contribution in [0.2, 0.25) is 0 Å². The van der Waals surface area contributed by atoms with Crippen molar-refractivity contribution in [2.75, 3.05) is 6.54 Å². The van der Waals surface area contributed by atoms with E-state index in [1.54, 1.807) is 12.3 Å². The largest absolute Gasteiger partial charge is 0.264 e. The maximum Gasteiger partial charge on any atom is 0.223 e. The molecule has 0 atom stereocenters. The van der Waals surface area contributed by atoms with Crippen LogP contribution in [0.3, 0.4) is 0 Å². The minimum absolute atomic E-state index is 0.158. The summed E-state index contributed by atoms with van der Waals surface area (Å²) in [5.41, 5.74) is 3.84. The average molecular weight is 202 g/mol. The molecule has 0 unspecified atom stereocenters. The normalized spacial score (nSPS) is 15.7. The Kier molecular flexibility index (Phi) is 2.33. The highest BCUT2D eigenvalue weighted by molar-refractivity contribution is 6.16. The van der Waals surface area contributed by atoms with Gasteiger partial charge < -0.3 is 0 Å². The lowest BCUT2D eigenvalue weighted by Crippen LogP contribution is -1.97. The third-order valence-corrected chi connectivity index (χ3v) is 2.27. The zero-order chi connectivity index (χ0) is 10.8. The Morgan fingerprint density at radius 2 is 2.33 bits per heavy atom. The lowest BCUT2D eigenvalue weighted by molar-refractivity contribution is -0.468. The first kappa shape index (κ1) is 9.58. The van der Waals surface area contributed by atoms with E-state index in [1.807, 2.05) is 25.1 Å². The number of hydrogen-bond acceptors (Lipinski definition) is 3. The van der Waals surface area contributed by atoms with Crippen LogP contribution in [0.1, 0.15) is 11.1 Å². The van der Waals surface area contributed by atoms with Crippen molar-refractivity contribution in [3.63, 3.8) is 0 Å². The molecule has 4 nitrogen and oxygen atoms in total. The van der Waals surface area contributed by atoms with Crippen molar-refractivity contribution < 1.29 is 4.92 Å². The number of nitrogens with zero attached hydrogens (tertiary/aromatic N) is 2. The summed E-state index contributed by atoms with van der Waals surface area (Å²) in [6.45, 7) is 1.84. The molecule has 0 radical (unpaired) electrons. The molecule has 1 aromatic carbocycles. The maximum atomic E-state index is 10.2. The fraction of sp³-hybridized carbons (Fsp3) is 0.182. The fourth-order valence-electron chi connectivity index (χ4n) is 1.54. The van der Waals surface area contributed by atoms with Crippen LogP contribution in [-0.4, -0.2) is 17.7 Å². The molecule has 0 amide bonds. The highest BCUT2D eigenvalue weighted by Gasteiger charge is 2.12. The van der Waals surface area contributed by atoms with E-state index in [1.165, 1.54) is 0 Å². The summed E-state index contributed by atoms with van der Waals surface area (Å²) in [6.07, 6.45) is 3.26. The van der Waals surface area contributed by atoms with Crippen LogP contribution in [0.4, 0.5) is 5.69 Å². The van der Waals surface area contributed by atoms with Crippen LogP contribution in [0.5, 0.6) is 0 Å². The van der Waals surface area contributed by atoms with Gasteiger partial charge in [-0.05, 0) is 24.6 Å². The van der Waals surface area contributed by atoms with Crippen LogP contribution >= 0.6 is 0 Å². The van der Waals surface area contributed by atoms with Gasteiger partial charge in [0.25, 0.3) is 0 Å². The molecule has 0 spiro atoms. The summed E-state index contributed by atoms with van der Waals surface area (Å²) in [5.74, 6) is 0. The molecule has 1 aliphatic heterocycles. The van der Waals surface area contributed by atoms with Gasteiger partial charge in [-0.25, -0.2) is 0 Å². The molecule has 76 valence electrons. The lowest BCUT2D eigenvalue weighted by Gasteiger charge is -1.99. The Hall–Kier alpha value is -1.97. The Labute approximate surface area is 87.1 Å². The van der Waals surface area contributed by atoms with E-state index in [0.717, 1.165) is 22.4 Å². The molecule has 2 rings (SSSR count). The Balaban J connectivity index is 2.33. The first-order valence-electron chi connectivity index (χ1n) is 4.64. The minimum atomic E-state index is -0.354. The first-order chi connectivity index (χ1) is 7.16. The molecular weight excluding hydrogens is 192 g/mol. The van der Waals surface area contributed by atoms with Gasteiger partial charge in [0.2, 0.25) is 6.54 Å². The van der Waals surface area contributed by atoms with E-state index < -0.39 is 0 Å². The second kappa shape index (κ2) is 3.65. The summed E-state index contributed by atoms with van der Waals surface area (Å²) < 4.78 is 0. The molecule has 1 aliphatic rings. The zero-order valence-electron chi connectivity index (χ0n) is 8.30. The van der Waals surface area contributed by atoms with Crippen molar-refractivity contribution in [2.24, 2.45) is 4.99 Å². The van der Waals surface area contributed by atoms with Gasteiger partial charge in [0.15, 0.2) is 0 Å². The number of fused-ring (bicyclic) bond motifs is 1. The van der Waals surface area contributed by atoms with Crippen molar-refractivity contribution in [3.8, 4) is 0 Å². The topological polar surface area (TPSA) is 55.5 Å². The Morgan fingerprint density at radius 1 is 1.53 bits per heavy atom. The number of aryl methyl sites for hydroxylation is 1. The summed E-state index contributed by atoms with van der Waals surface area (Å²) in [7, 11) is 0. The third kappa shape index (κ3) is 1.93. The van der Waals surface area contributed by atoms with Crippen molar-refractivity contribution in [1.29, 1.82) is 0 Å². The lowest BCUT2D eigenvalue weighted by atomic mass is 10.1. The van der Waals surface area contributed by atoms with Gasteiger partial charge in [-0.2, -0.15) is 0 Å². The van der Waals surface area contributed by atoms with E-state index >= 15 is 0 Å². The second-order valence-corrected chi connectivity index (χ2v) is 3.45. The van der Waals surface area contributed by atoms with E-state index in [0.29, 0.717) is 0 Å². The number of allylic oxidation sites excluding steroid dienone is 1. The number of benzene rings is 1. The maximum absolute atomic E-state index is 10.2. The smallest absolute Gasteiger partial charge is 0.223 e. The third-order valence-electron chi connectivity index (χ3n) is 2.27. The summed E-state index contributed by atoms with van der Waals surface area (Å²) in [6, 6.07) is 5.90. The van der Waals surface area contributed by atoms with Gasteiger partial charge in [0.05, 0.1) is 5.69 Å². The molecule has 0 saturated carbocycles. The molecule has 0 bridgehead atoms. The van der Waals surface area contributed by atoms with Crippen molar-refractivity contribution in [2.45, 2.75) is 6.92 Å². The monoisotopic (exact) mass is 202 g/mol. The predicted molar refractivity (Wildman–Crippen MR) is 59.2 cm³/mol. The fourth-order valence-corrected chi connectivity index (χ4v) is 1.54. The molecule has 1 aromatic rings. The van der Waals surface area contributed by atoms with Crippen molar-refractivity contribution in [1.82, 2.24) is 0 Å². The van der Waals surface area contributed by atoms with Gasteiger partial charge in [-0.1, -0.05) is 12.1 Å². The number of rotatable bonds is 2. The van der Waals surface area contributed by atoms with E-state index in [4.69, 9.17) is 0 Å². The van der Waals surface area contributed by atoms with Crippen LogP contribution in [0.25, 0.3) is 5.57 Å². The van der Waals surface area contributed by atoms with Crippen molar-refractivity contribution in [3.05, 3.63) is 45.5 Å². The number of hydrogen-bond donors (Lipinski definition) is 0. The Bertz CT molecular complexity index is 475. The standard InChI is InChI=1S/C11H10N2O2/c1-8-2-3-10-9(4-5-13(14)15)7-12-11(10)6-8/h2-4,6-7H,5H2,1H3/b9-4+. The average Bonchev–Trinajstić information content (AvgIpc) is 2.57. The number of nitro groups is 1. The molecule has 1 heterocycles. The van der Waals surface area contributed by atoms with Crippen LogP contribution in [-0.2, 0) is 0 Å². The van der Waals surface area contributed by atoms with Crippen LogP contribution < -0.4 is 0 Å². The molecule has 15 heavy (non-hydrogen) atoms. The van der Waals surface area contributed by atoms with E-state index in [9.17, 15) is 10.1 Å². The highest BCUT2D eigenvalue weighted by atomic mass is 16.6. The minimum Gasteiger partial charge on any atom is -0.264 e. The SMILES string of the molecule is Cc1ccc2c(c1)N=C/C2=C\C[N+](=O)[O-]. The summed E-state index contributed by atoms with van der Waals surface area (Å²) >= 11 is 0. The zero-order valence-corrected chi connectivity index (χ0v) is 8.30. The van der Waals surface area contributed by atoms with Crippen LogP contribution in [0, 0.1) is 17.0 Å². The molecule has 0 N–H and O–H groups in total. The first-order valence-corrected chi connectivity index (χ1v) is 4.64. The van der Waals surface area contributed by atoms with E-state index in [-0.39, 0.29) is 11.5 Å². The molecule has 0 aliphatic carbocycles. The van der Waals surface area contributed by atoms with Gasteiger partial charge in [-0.15, -0.1) is 0 Å². The van der Waals surface area contributed by atoms with Gasteiger partial charge in [0, 0.05) is 22.3 Å². The van der Waals surface area contributed by atoms with E-state index in [2.05, 4.69) is 4.99 Å². The summed E-state index contributed by atoms with van der Waals surface area (Å²) in [4.78, 5) is 14.1. The van der Waals surface area contributed by atoms with Gasteiger partial charge >= 0.3 is 0 Å². The Morgan fingerprint density at radius 3 is 3.07 bits per heavy atom. The van der Waals surface area contributed by atoms with Crippen LogP contribution in [0.15, 0.2) is 29.3 Å². The molecule has 4 heteroatoms. The highest BCUT2D eigenvalue weighted by Crippen LogP contribution is 2.31. The predicted octanol–water partition coefficient (Wildman–Crippen LogP) is 2.37. The summed E-state index contributed by atoms with van der Waals surface area (Å²) in [5, 5.41) is 10.2. The molecule has 0 fully saturated rings. The van der Waals surface area contributed by atoms with Gasteiger partial charge in [0.1, 0.15) is 0 Å². The number of aliphatic imine (C=N–C) groups is 1. The second-order valence-electron chi connectivity index (χ2n) is 3.45. The molecule has 0 saturated heterocycles.